The molecule has 3 nitrogen and oxygen atoms in total. The number of rotatable bonds is 14. The molecular weight excluding hydrogens is 300 g/mol. The lowest BCUT2D eigenvalue weighted by atomic mass is 10.1. The highest BCUT2D eigenvalue weighted by molar-refractivity contribution is 5.69. The Bertz CT molecular complexity index is 409. The number of epoxide rings is 1. The van der Waals surface area contributed by atoms with Crippen LogP contribution in [-0.4, -0.2) is 25.3 Å². The normalized spacial score (nSPS) is 20.4. The standard InChI is InChI=1S/C21H34O3/c1-3-4-13-16-19-20(24-19)17-14-11-9-7-5-6-8-10-12-15-18-21(22)23-2/h5,7-8,10-11,14,19-20H,3-4,6,9,12-13,15-18H2,1-2H3/b7-5+,10-8+,14-11+. The summed E-state index contributed by atoms with van der Waals surface area (Å²) in [5.74, 6) is -0.126. The highest BCUT2D eigenvalue weighted by Gasteiger charge is 2.36. The zero-order valence-corrected chi connectivity index (χ0v) is 15.4. The van der Waals surface area contributed by atoms with Gasteiger partial charge in [0.15, 0.2) is 0 Å². The van der Waals surface area contributed by atoms with Crippen LogP contribution in [0.15, 0.2) is 36.5 Å². The summed E-state index contributed by atoms with van der Waals surface area (Å²) in [6, 6.07) is 0. The Kier molecular flexibility index (Phi) is 12.1. The average Bonchev–Trinajstić information content (AvgIpc) is 3.34. The Morgan fingerprint density at radius 3 is 2.38 bits per heavy atom. The first-order valence-corrected chi connectivity index (χ1v) is 9.45. The Balaban J connectivity index is 1.90. The zero-order chi connectivity index (χ0) is 17.5. The predicted octanol–water partition coefficient (Wildman–Crippen LogP) is 5.52. The fourth-order valence-electron chi connectivity index (χ4n) is 2.59. The quantitative estimate of drug-likeness (QED) is 0.182. The van der Waals surface area contributed by atoms with Crippen molar-refractivity contribution in [2.75, 3.05) is 7.11 Å². The van der Waals surface area contributed by atoms with Crippen LogP contribution in [-0.2, 0) is 14.3 Å². The maximum atomic E-state index is 10.9. The van der Waals surface area contributed by atoms with E-state index in [0.717, 1.165) is 32.1 Å². The van der Waals surface area contributed by atoms with Gasteiger partial charge in [0.1, 0.15) is 0 Å². The molecular formula is C21H34O3. The third-order valence-electron chi connectivity index (χ3n) is 4.17. The van der Waals surface area contributed by atoms with Crippen LogP contribution in [0.5, 0.6) is 0 Å². The summed E-state index contributed by atoms with van der Waals surface area (Å²) < 4.78 is 10.3. The van der Waals surface area contributed by atoms with Gasteiger partial charge in [-0.1, -0.05) is 62.6 Å². The third kappa shape index (κ3) is 11.2. The first kappa shape index (κ1) is 20.7. The molecule has 0 spiro atoms. The molecule has 0 aromatic carbocycles. The van der Waals surface area contributed by atoms with E-state index >= 15 is 0 Å². The molecule has 2 atom stereocenters. The number of carbonyl (C=O) groups excluding carboxylic acids is 1. The van der Waals surface area contributed by atoms with Gasteiger partial charge in [0.05, 0.1) is 19.3 Å². The molecule has 1 rings (SSSR count). The molecule has 2 unspecified atom stereocenters. The number of hydrogen-bond donors (Lipinski definition) is 0. The van der Waals surface area contributed by atoms with Crippen molar-refractivity contribution in [2.24, 2.45) is 0 Å². The van der Waals surface area contributed by atoms with Gasteiger partial charge in [-0.3, -0.25) is 4.79 Å². The molecule has 0 N–H and O–H groups in total. The lowest BCUT2D eigenvalue weighted by molar-refractivity contribution is -0.140. The van der Waals surface area contributed by atoms with E-state index in [0.29, 0.717) is 18.6 Å². The molecule has 0 bridgehead atoms. The number of carbonyl (C=O) groups is 1. The number of ether oxygens (including phenoxy) is 2. The summed E-state index contributed by atoms with van der Waals surface area (Å²) in [5.41, 5.74) is 0. The minimum Gasteiger partial charge on any atom is -0.469 e. The van der Waals surface area contributed by atoms with Gasteiger partial charge in [0, 0.05) is 6.42 Å². The summed E-state index contributed by atoms with van der Waals surface area (Å²) in [4.78, 5) is 10.9. The number of allylic oxidation sites excluding steroid dienone is 5. The Labute approximate surface area is 147 Å². The molecule has 136 valence electrons. The van der Waals surface area contributed by atoms with E-state index in [2.05, 4.69) is 48.1 Å². The molecule has 0 radical (unpaired) electrons. The summed E-state index contributed by atoms with van der Waals surface area (Å²) in [6.07, 6.45) is 24.6. The lowest BCUT2D eigenvalue weighted by Crippen LogP contribution is -1.98. The van der Waals surface area contributed by atoms with Crippen LogP contribution in [0.3, 0.4) is 0 Å². The van der Waals surface area contributed by atoms with Crippen LogP contribution < -0.4 is 0 Å². The van der Waals surface area contributed by atoms with Crippen LogP contribution in [0, 0.1) is 0 Å². The number of methoxy groups -OCH3 is 1. The SMILES string of the molecule is CCCCCC1OC1C/C=C/C/C=C/C/C=C/CCCC(=O)OC. The van der Waals surface area contributed by atoms with E-state index in [9.17, 15) is 4.79 Å². The van der Waals surface area contributed by atoms with Crippen molar-refractivity contribution in [1.82, 2.24) is 0 Å². The van der Waals surface area contributed by atoms with Gasteiger partial charge in [-0.15, -0.1) is 0 Å². The second kappa shape index (κ2) is 14.0. The number of esters is 1. The van der Waals surface area contributed by atoms with Gasteiger partial charge in [0.2, 0.25) is 0 Å². The Hall–Kier alpha value is -1.35. The highest BCUT2D eigenvalue weighted by atomic mass is 16.6. The third-order valence-corrected chi connectivity index (χ3v) is 4.17. The molecule has 0 saturated carbocycles. The summed E-state index contributed by atoms with van der Waals surface area (Å²) >= 11 is 0. The number of unbranched alkanes of at least 4 members (excludes halogenated alkanes) is 3. The lowest BCUT2D eigenvalue weighted by Gasteiger charge is -1.95. The smallest absolute Gasteiger partial charge is 0.305 e. The molecule has 24 heavy (non-hydrogen) atoms. The molecule has 1 aliphatic heterocycles. The van der Waals surface area contributed by atoms with Crippen LogP contribution in [0.2, 0.25) is 0 Å². The van der Waals surface area contributed by atoms with Gasteiger partial charge < -0.3 is 9.47 Å². The van der Waals surface area contributed by atoms with E-state index in [1.165, 1.54) is 32.8 Å². The van der Waals surface area contributed by atoms with E-state index in [1.807, 2.05) is 0 Å². The fraction of sp³-hybridized carbons (Fsp3) is 0.667. The van der Waals surface area contributed by atoms with E-state index in [4.69, 9.17) is 4.74 Å². The molecule has 0 aromatic rings. The van der Waals surface area contributed by atoms with Crippen molar-refractivity contribution in [3.63, 3.8) is 0 Å². The predicted molar refractivity (Wildman–Crippen MR) is 99.9 cm³/mol. The van der Waals surface area contributed by atoms with Crippen molar-refractivity contribution in [2.45, 2.75) is 83.3 Å². The second-order valence-corrected chi connectivity index (χ2v) is 6.30. The maximum absolute atomic E-state index is 10.9. The Morgan fingerprint density at radius 1 is 0.958 bits per heavy atom. The second-order valence-electron chi connectivity index (χ2n) is 6.30. The molecule has 0 aromatic heterocycles. The molecule has 1 heterocycles. The highest BCUT2D eigenvalue weighted by Crippen LogP contribution is 2.30. The molecule has 1 aliphatic rings. The van der Waals surface area contributed by atoms with Crippen LogP contribution in [0.4, 0.5) is 0 Å². The monoisotopic (exact) mass is 334 g/mol. The molecule has 0 amide bonds. The minimum atomic E-state index is -0.126. The van der Waals surface area contributed by atoms with Crippen LogP contribution >= 0.6 is 0 Å². The largest absolute Gasteiger partial charge is 0.469 e. The van der Waals surface area contributed by atoms with Crippen molar-refractivity contribution in [3.8, 4) is 0 Å². The minimum absolute atomic E-state index is 0.126. The first-order valence-electron chi connectivity index (χ1n) is 9.45. The van der Waals surface area contributed by atoms with Gasteiger partial charge in [-0.25, -0.2) is 0 Å². The topological polar surface area (TPSA) is 38.8 Å². The maximum Gasteiger partial charge on any atom is 0.305 e. The van der Waals surface area contributed by atoms with Gasteiger partial charge in [0.25, 0.3) is 0 Å². The van der Waals surface area contributed by atoms with Crippen molar-refractivity contribution >= 4 is 5.97 Å². The van der Waals surface area contributed by atoms with Crippen molar-refractivity contribution in [1.29, 1.82) is 0 Å². The molecule has 3 heteroatoms. The fourth-order valence-corrected chi connectivity index (χ4v) is 2.59. The summed E-state index contributed by atoms with van der Waals surface area (Å²) in [7, 11) is 1.43. The molecule has 0 aliphatic carbocycles. The van der Waals surface area contributed by atoms with Crippen molar-refractivity contribution < 1.29 is 14.3 Å². The summed E-state index contributed by atoms with van der Waals surface area (Å²) in [5, 5.41) is 0. The number of hydrogen-bond acceptors (Lipinski definition) is 3. The molecule has 1 fully saturated rings. The summed E-state index contributed by atoms with van der Waals surface area (Å²) in [6.45, 7) is 2.24. The van der Waals surface area contributed by atoms with Gasteiger partial charge in [-0.2, -0.15) is 0 Å². The van der Waals surface area contributed by atoms with E-state index in [1.54, 1.807) is 0 Å². The van der Waals surface area contributed by atoms with Gasteiger partial charge >= 0.3 is 5.97 Å². The average molecular weight is 335 g/mol. The van der Waals surface area contributed by atoms with Gasteiger partial charge in [-0.05, 0) is 38.5 Å². The van der Waals surface area contributed by atoms with Crippen LogP contribution in [0.1, 0.15) is 71.1 Å². The first-order chi connectivity index (χ1) is 11.8. The molecule has 1 saturated heterocycles. The zero-order valence-electron chi connectivity index (χ0n) is 15.4. The van der Waals surface area contributed by atoms with Crippen molar-refractivity contribution in [3.05, 3.63) is 36.5 Å². The van der Waals surface area contributed by atoms with E-state index < -0.39 is 0 Å². The Morgan fingerprint density at radius 2 is 1.67 bits per heavy atom. The van der Waals surface area contributed by atoms with E-state index in [-0.39, 0.29) is 5.97 Å². The van der Waals surface area contributed by atoms with Crippen LogP contribution in [0.25, 0.3) is 0 Å².